The van der Waals surface area contributed by atoms with E-state index in [2.05, 4.69) is 0 Å². The molecule has 2 aromatic rings. The lowest BCUT2D eigenvalue weighted by Crippen LogP contribution is -2.16. The Morgan fingerprint density at radius 3 is 2.39 bits per heavy atom. The van der Waals surface area contributed by atoms with Gasteiger partial charge in [0.05, 0.1) is 19.3 Å². The van der Waals surface area contributed by atoms with Gasteiger partial charge in [-0.25, -0.2) is 4.79 Å². The maximum Gasteiger partial charge on any atom is 0.338 e. The number of hydrogen-bond donors (Lipinski definition) is 0. The SMILES string of the molecule is CCOC(=O)c1ccc(-c2ccc(OC)c3c2OCCO3)cc1. The standard InChI is InChI=1S/C18H18O5/c1-3-21-18(19)13-6-4-12(5-7-13)14-8-9-15(20-2)17-16(14)22-10-11-23-17/h4-9H,3,10-11H2,1-2H3. The molecule has 0 saturated carbocycles. The number of ether oxygens (including phenoxy) is 4. The Balaban J connectivity index is 1.97. The summed E-state index contributed by atoms with van der Waals surface area (Å²) in [6.07, 6.45) is 0. The van der Waals surface area contributed by atoms with E-state index in [1.165, 1.54) is 0 Å². The summed E-state index contributed by atoms with van der Waals surface area (Å²) >= 11 is 0. The summed E-state index contributed by atoms with van der Waals surface area (Å²) in [4.78, 5) is 11.7. The van der Waals surface area contributed by atoms with Crippen LogP contribution < -0.4 is 14.2 Å². The fourth-order valence-corrected chi connectivity index (χ4v) is 2.50. The second-order valence-electron chi connectivity index (χ2n) is 4.97. The van der Waals surface area contributed by atoms with E-state index in [-0.39, 0.29) is 5.97 Å². The van der Waals surface area contributed by atoms with Gasteiger partial charge >= 0.3 is 5.97 Å². The van der Waals surface area contributed by atoms with Crippen molar-refractivity contribution in [2.24, 2.45) is 0 Å². The highest BCUT2D eigenvalue weighted by atomic mass is 16.6. The molecule has 120 valence electrons. The van der Waals surface area contributed by atoms with Crippen LogP contribution in [-0.2, 0) is 4.74 Å². The van der Waals surface area contributed by atoms with Crippen molar-refractivity contribution >= 4 is 5.97 Å². The minimum Gasteiger partial charge on any atom is -0.493 e. The van der Waals surface area contributed by atoms with Gasteiger partial charge in [0.25, 0.3) is 0 Å². The van der Waals surface area contributed by atoms with Crippen LogP contribution in [-0.4, -0.2) is 32.9 Å². The number of fused-ring (bicyclic) bond motifs is 1. The van der Waals surface area contributed by atoms with Crippen LogP contribution in [0, 0.1) is 0 Å². The first-order chi connectivity index (χ1) is 11.2. The smallest absolute Gasteiger partial charge is 0.338 e. The third-order valence-electron chi connectivity index (χ3n) is 3.58. The molecule has 0 aromatic heterocycles. The number of methoxy groups -OCH3 is 1. The maximum atomic E-state index is 11.7. The molecule has 0 unspecified atom stereocenters. The van der Waals surface area contributed by atoms with E-state index in [1.54, 1.807) is 26.2 Å². The summed E-state index contributed by atoms with van der Waals surface area (Å²) < 4.78 is 21.8. The summed E-state index contributed by atoms with van der Waals surface area (Å²) in [6, 6.07) is 11.0. The second-order valence-corrected chi connectivity index (χ2v) is 4.97. The lowest BCUT2D eigenvalue weighted by molar-refractivity contribution is 0.0526. The van der Waals surface area contributed by atoms with E-state index in [9.17, 15) is 4.79 Å². The van der Waals surface area contributed by atoms with Crippen LogP contribution in [0.5, 0.6) is 17.2 Å². The van der Waals surface area contributed by atoms with Gasteiger partial charge in [0.2, 0.25) is 5.75 Å². The molecule has 0 saturated heterocycles. The highest BCUT2D eigenvalue weighted by Gasteiger charge is 2.21. The molecule has 1 aliphatic rings. The van der Waals surface area contributed by atoms with Crippen molar-refractivity contribution in [2.75, 3.05) is 26.9 Å². The van der Waals surface area contributed by atoms with Crippen molar-refractivity contribution in [3.8, 4) is 28.4 Å². The number of hydrogen-bond acceptors (Lipinski definition) is 5. The first-order valence-electron chi connectivity index (χ1n) is 7.48. The summed E-state index contributed by atoms with van der Waals surface area (Å²) in [5.74, 6) is 1.60. The Morgan fingerprint density at radius 1 is 1.04 bits per heavy atom. The normalized spacial score (nSPS) is 12.6. The van der Waals surface area contributed by atoms with Crippen molar-refractivity contribution in [1.29, 1.82) is 0 Å². The molecule has 2 aromatic carbocycles. The average molecular weight is 314 g/mol. The molecule has 0 N–H and O–H groups in total. The number of esters is 1. The number of benzene rings is 2. The minimum absolute atomic E-state index is 0.324. The molecule has 3 rings (SSSR count). The monoisotopic (exact) mass is 314 g/mol. The molecule has 23 heavy (non-hydrogen) atoms. The summed E-state index contributed by atoms with van der Waals surface area (Å²) in [6.45, 7) is 3.13. The Morgan fingerprint density at radius 2 is 1.74 bits per heavy atom. The molecule has 5 heteroatoms. The first kappa shape index (κ1) is 15.2. The van der Waals surface area contributed by atoms with Gasteiger partial charge in [0, 0.05) is 5.56 Å². The van der Waals surface area contributed by atoms with Crippen LogP contribution in [0.15, 0.2) is 36.4 Å². The lowest BCUT2D eigenvalue weighted by atomic mass is 10.0. The summed E-state index contributed by atoms with van der Waals surface area (Å²) in [5, 5.41) is 0. The zero-order chi connectivity index (χ0) is 16.2. The quantitative estimate of drug-likeness (QED) is 0.810. The fourth-order valence-electron chi connectivity index (χ4n) is 2.50. The predicted octanol–water partition coefficient (Wildman–Crippen LogP) is 3.31. The molecule has 0 radical (unpaired) electrons. The van der Waals surface area contributed by atoms with Crippen LogP contribution in [0.2, 0.25) is 0 Å². The lowest BCUT2D eigenvalue weighted by Gasteiger charge is -2.23. The van der Waals surface area contributed by atoms with Crippen LogP contribution in [0.1, 0.15) is 17.3 Å². The third-order valence-corrected chi connectivity index (χ3v) is 3.58. The average Bonchev–Trinajstić information content (AvgIpc) is 2.61. The van der Waals surface area contributed by atoms with Crippen molar-refractivity contribution in [1.82, 2.24) is 0 Å². The number of rotatable bonds is 4. The van der Waals surface area contributed by atoms with Gasteiger partial charge in [0.1, 0.15) is 13.2 Å². The van der Waals surface area contributed by atoms with E-state index in [4.69, 9.17) is 18.9 Å². The topological polar surface area (TPSA) is 54.0 Å². The largest absolute Gasteiger partial charge is 0.493 e. The Bertz CT molecular complexity index is 706. The zero-order valence-corrected chi connectivity index (χ0v) is 13.1. The van der Waals surface area contributed by atoms with Crippen LogP contribution in [0.25, 0.3) is 11.1 Å². The fraction of sp³-hybridized carbons (Fsp3) is 0.278. The van der Waals surface area contributed by atoms with E-state index in [1.807, 2.05) is 24.3 Å². The van der Waals surface area contributed by atoms with Gasteiger partial charge in [-0.1, -0.05) is 12.1 Å². The molecule has 1 aliphatic heterocycles. The second kappa shape index (κ2) is 6.60. The van der Waals surface area contributed by atoms with E-state index < -0.39 is 0 Å². The van der Waals surface area contributed by atoms with Crippen LogP contribution >= 0.6 is 0 Å². The van der Waals surface area contributed by atoms with Crippen molar-refractivity contribution in [2.45, 2.75) is 6.92 Å². The molecular weight excluding hydrogens is 296 g/mol. The van der Waals surface area contributed by atoms with Gasteiger partial charge in [-0.15, -0.1) is 0 Å². The molecule has 0 amide bonds. The maximum absolute atomic E-state index is 11.7. The van der Waals surface area contributed by atoms with Gasteiger partial charge in [-0.05, 0) is 36.8 Å². The molecule has 0 aliphatic carbocycles. The van der Waals surface area contributed by atoms with E-state index >= 15 is 0 Å². The van der Waals surface area contributed by atoms with Crippen molar-refractivity contribution < 1.29 is 23.7 Å². The Labute approximate surface area is 134 Å². The number of carbonyl (C=O) groups is 1. The summed E-state index contributed by atoms with van der Waals surface area (Å²) in [5.41, 5.74) is 2.36. The highest BCUT2D eigenvalue weighted by molar-refractivity contribution is 5.90. The molecular formula is C18H18O5. The molecule has 5 nitrogen and oxygen atoms in total. The van der Waals surface area contributed by atoms with E-state index in [0.717, 1.165) is 11.1 Å². The molecule has 1 heterocycles. The Kier molecular flexibility index (Phi) is 4.37. The molecule has 0 bridgehead atoms. The first-order valence-corrected chi connectivity index (χ1v) is 7.48. The molecule has 0 atom stereocenters. The number of carbonyl (C=O) groups excluding carboxylic acids is 1. The summed E-state index contributed by atoms with van der Waals surface area (Å²) in [7, 11) is 1.60. The predicted molar refractivity (Wildman–Crippen MR) is 85.4 cm³/mol. The van der Waals surface area contributed by atoms with Gasteiger partial charge < -0.3 is 18.9 Å². The van der Waals surface area contributed by atoms with Crippen LogP contribution in [0.4, 0.5) is 0 Å². The Hall–Kier alpha value is -2.69. The molecule has 0 spiro atoms. The minimum atomic E-state index is -0.324. The zero-order valence-electron chi connectivity index (χ0n) is 13.1. The molecule has 0 fully saturated rings. The van der Waals surface area contributed by atoms with Crippen molar-refractivity contribution in [3.63, 3.8) is 0 Å². The highest BCUT2D eigenvalue weighted by Crippen LogP contribution is 2.45. The van der Waals surface area contributed by atoms with E-state index in [0.29, 0.717) is 42.6 Å². The van der Waals surface area contributed by atoms with Gasteiger partial charge in [0.15, 0.2) is 11.5 Å². The third kappa shape index (κ3) is 2.95. The van der Waals surface area contributed by atoms with Gasteiger partial charge in [-0.3, -0.25) is 0 Å². The van der Waals surface area contributed by atoms with Crippen molar-refractivity contribution in [3.05, 3.63) is 42.0 Å². The van der Waals surface area contributed by atoms with Gasteiger partial charge in [-0.2, -0.15) is 0 Å². The van der Waals surface area contributed by atoms with Crippen LogP contribution in [0.3, 0.4) is 0 Å².